The van der Waals surface area contributed by atoms with Gasteiger partial charge in [-0.25, -0.2) is 0 Å². The van der Waals surface area contributed by atoms with E-state index in [4.69, 9.17) is 4.74 Å². The number of benzene rings is 1. The zero-order valence-corrected chi connectivity index (χ0v) is 8.52. The lowest BCUT2D eigenvalue weighted by Crippen LogP contribution is -2.56. The Balaban J connectivity index is 1.91. The van der Waals surface area contributed by atoms with E-state index in [2.05, 4.69) is 0 Å². The monoisotopic (exact) mass is 202 g/mol. The minimum atomic E-state index is -0.569. The average molecular weight is 202 g/mol. The predicted octanol–water partition coefficient (Wildman–Crippen LogP) is 2.07. The van der Waals surface area contributed by atoms with E-state index < -0.39 is 5.60 Å². The van der Waals surface area contributed by atoms with E-state index in [0.717, 1.165) is 24.2 Å². The summed E-state index contributed by atoms with van der Waals surface area (Å²) in [5.74, 6) is 1.97. The molecule has 0 bridgehead atoms. The van der Waals surface area contributed by atoms with Crippen LogP contribution < -0.4 is 4.74 Å². The summed E-state index contributed by atoms with van der Waals surface area (Å²) < 4.78 is 5.96. The van der Waals surface area contributed by atoms with Gasteiger partial charge in [-0.3, -0.25) is 0 Å². The molecule has 2 heteroatoms. The second kappa shape index (κ2) is 2.38. The van der Waals surface area contributed by atoms with E-state index in [1.807, 2.05) is 24.3 Å². The third-order valence-corrected chi connectivity index (χ3v) is 4.49. The van der Waals surface area contributed by atoms with Crippen LogP contribution in [-0.4, -0.2) is 11.2 Å². The number of fused-ring (bicyclic) bond motifs is 2. The van der Waals surface area contributed by atoms with Gasteiger partial charge in [-0.05, 0) is 31.2 Å². The van der Waals surface area contributed by atoms with Gasteiger partial charge in [0, 0.05) is 11.5 Å². The molecule has 4 rings (SSSR count). The van der Waals surface area contributed by atoms with Crippen LogP contribution in [0.3, 0.4) is 0 Å². The first-order chi connectivity index (χ1) is 7.29. The quantitative estimate of drug-likeness (QED) is 0.697. The molecule has 0 radical (unpaired) electrons. The van der Waals surface area contributed by atoms with E-state index >= 15 is 0 Å². The maximum Gasteiger partial charge on any atom is 0.125 e. The molecule has 78 valence electrons. The SMILES string of the molecule is OC12CC3CCC(Oc4ccccc41)C32. The Morgan fingerprint density at radius 2 is 2.13 bits per heavy atom. The molecule has 2 fully saturated rings. The summed E-state index contributed by atoms with van der Waals surface area (Å²) in [6, 6.07) is 7.96. The van der Waals surface area contributed by atoms with Gasteiger partial charge in [0.1, 0.15) is 17.5 Å². The van der Waals surface area contributed by atoms with Gasteiger partial charge in [-0.15, -0.1) is 0 Å². The van der Waals surface area contributed by atoms with Crippen molar-refractivity contribution in [3.8, 4) is 5.75 Å². The molecule has 4 atom stereocenters. The van der Waals surface area contributed by atoms with Gasteiger partial charge in [-0.2, -0.15) is 0 Å². The molecular weight excluding hydrogens is 188 g/mol. The number of hydrogen-bond donors (Lipinski definition) is 1. The average Bonchev–Trinajstić information content (AvgIpc) is 2.58. The molecule has 1 aliphatic heterocycles. The van der Waals surface area contributed by atoms with Crippen LogP contribution in [0, 0.1) is 11.8 Å². The standard InChI is InChI=1S/C13H14O2/c14-13-7-8-5-6-11(12(8)13)15-10-4-2-1-3-9(10)13/h1-4,8,11-12,14H,5-7H2. The second-order valence-electron chi connectivity index (χ2n) is 5.14. The lowest BCUT2D eigenvalue weighted by Gasteiger charge is -2.53. The number of para-hydroxylation sites is 1. The summed E-state index contributed by atoms with van der Waals surface area (Å²) in [7, 11) is 0. The third-order valence-electron chi connectivity index (χ3n) is 4.49. The molecule has 0 saturated heterocycles. The Morgan fingerprint density at radius 3 is 3.07 bits per heavy atom. The van der Waals surface area contributed by atoms with Crippen molar-refractivity contribution < 1.29 is 9.84 Å². The van der Waals surface area contributed by atoms with Crippen molar-refractivity contribution in [2.75, 3.05) is 0 Å². The Labute approximate surface area is 88.9 Å². The molecular formula is C13H14O2. The molecule has 0 aromatic heterocycles. The Kier molecular flexibility index (Phi) is 1.30. The van der Waals surface area contributed by atoms with Gasteiger partial charge >= 0.3 is 0 Å². The number of ether oxygens (including phenoxy) is 1. The molecule has 0 amide bonds. The zero-order valence-electron chi connectivity index (χ0n) is 8.52. The molecule has 2 aliphatic carbocycles. The number of hydrogen-bond acceptors (Lipinski definition) is 2. The molecule has 0 spiro atoms. The molecule has 2 nitrogen and oxygen atoms in total. The van der Waals surface area contributed by atoms with Crippen LogP contribution in [0.1, 0.15) is 24.8 Å². The minimum Gasteiger partial charge on any atom is -0.490 e. The molecule has 1 heterocycles. The van der Waals surface area contributed by atoms with Gasteiger partial charge in [-0.1, -0.05) is 18.2 Å². The summed E-state index contributed by atoms with van der Waals surface area (Å²) >= 11 is 0. The van der Waals surface area contributed by atoms with Crippen LogP contribution in [0.4, 0.5) is 0 Å². The third kappa shape index (κ3) is 0.809. The van der Waals surface area contributed by atoms with Crippen molar-refractivity contribution in [3.05, 3.63) is 29.8 Å². The maximum atomic E-state index is 10.7. The van der Waals surface area contributed by atoms with E-state index in [9.17, 15) is 5.11 Å². The van der Waals surface area contributed by atoms with E-state index in [0.29, 0.717) is 11.8 Å². The lowest BCUT2D eigenvalue weighted by atomic mass is 9.58. The van der Waals surface area contributed by atoms with Crippen LogP contribution in [0.2, 0.25) is 0 Å². The van der Waals surface area contributed by atoms with Crippen LogP contribution >= 0.6 is 0 Å². The number of aliphatic hydroxyl groups is 1. The van der Waals surface area contributed by atoms with E-state index in [-0.39, 0.29) is 6.10 Å². The van der Waals surface area contributed by atoms with E-state index in [1.165, 1.54) is 6.42 Å². The summed E-state index contributed by atoms with van der Waals surface area (Å²) in [4.78, 5) is 0. The highest BCUT2D eigenvalue weighted by molar-refractivity contribution is 5.44. The van der Waals surface area contributed by atoms with Gasteiger partial charge in [0.15, 0.2) is 0 Å². The van der Waals surface area contributed by atoms with Crippen LogP contribution in [0.5, 0.6) is 5.75 Å². The van der Waals surface area contributed by atoms with E-state index in [1.54, 1.807) is 0 Å². The summed E-state index contributed by atoms with van der Waals surface area (Å²) in [5, 5.41) is 10.7. The van der Waals surface area contributed by atoms with Gasteiger partial charge in [0.25, 0.3) is 0 Å². The Bertz CT molecular complexity index is 428. The van der Waals surface area contributed by atoms with Crippen LogP contribution in [0.25, 0.3) is 0 Å². The molecule has 1 aromatic rings. The lowest BCUT2D eigenvalue weighted by molar-refractivity contribution is -0.173. The fourth-order valence-electron chi connectivity index (χ4n) is 3.85. The second-order valence-corrected chi connectivity index (χ2v) is 5.14. The van der Waals surface area contributed by atoms with Gasteiger partial charge in [0.05, 0.1) is 0 Å². The van der Waals surface area contributed by atoms with Crippen molar-refractivity contribution in [2.24, 2.45) is 11.8 Å². The molecule has 3 aliphatic rings. The summed E-state index contributed by atoms with van der Waals surface area (Å²) in [6.07, 6.45) is 3.55. The Morgan fingerprint density at radius 1 is 1.27 bits per heavy atom. The Hall–Kier alpha value is -1.02. The van der Waals surface area contributed by atoms with Crippen molar-refractivity contribution >= 4 is 0 Å². The largest absolute Gasteiger partial charge is 0.490 e. The molecule has 4 unspecified atom stereocenters. The number of rotatable bonds is 0. The molecule has 2 saturated carbocycles. The highest BCUT2D eigenvalue weighted by atomic mass is 16.5. The first-order valence-electron chi connectivity index (χ1n) is 5.77. The van der Waals surface area contributed by atoms with Crippen molar-refractivity contribution in [2.45, 2.75) is 31.0 Å². The highest BCUT2D eigenvalue weighted by Gasteiger charge is 2.63. The summed E-state index contributed by atoms with van der Waals surface area (Å²) in [5.41, 5.74) is 0.449. The van der Waals surface area contributed by atoms with Crippen LogP contribution in [-0.2, 0) is 5.60 Å². The molecule has 15 heavy (non-hydrogen) atoms. The summed E-state index contributed by atoms with van der Waals surface area (Å²) in [6.45, 7) is 0. The molecule has 1 aromatic carbocycles. The first kappa shape index (κ1) is 8.17. The topological polar surface area (TPSA) is 29.5 Å². The van der Waals surface area contributed by atoms with Crippen LogP contribution in [0.15, 0.2) is 24.3 Å². The maximum absolute atomic E-state index is 10.7. The first-order valence-corrected chi connectivity index (χ1v) is 5.77. The predicted molar refractivity (Wildman–Crippen MR) is 55.6 cm³/mol. The highest BCUT2D eigenvalue weighted by Crippen LogP contribution is 2.63. The van der Waals surface area contributed by atoms with Crippen molar-refractivity contribution in [1.29, 1.82) is 0 Å². The fourth-order valence-corrected chi connectivity index (χ4v) is 3.85. The fraction of sp³-hybridized carbons (Fsp3) is 0.538. The minimum absolute atomic E-state index is 0.267. The molecule has 1 N–H and O–H groups in total. The zero-order chi connectivity index (χ0) is 10.0. The van der Waals surface area contributed by atoms with Gasteiger partial charge < -0.3 is 9.84 Å². The van der Waals surface area contributed by atoms with Gasteiger partial charge in [0.2, 0.25) is 0 Å². The normalized spacial score (nSPS) is 45.0. The van der Waals surface area contributed by atoms with Crippen molar-refractivity contribution in [3.63, 3.8) is 0 Å². The smallest absolute Gasteiger partial charge is 0.125 e. The van der Waals surface area contributed by atoms with Crippen molar-refractivity contribution in [1.82, 2.24) is 0 Å².